The molecule has 6 unspecified atom stereocenters. The highest BCUT2D eigenvalue weighted by molar-refractivity contribution is 7.47. The summed E-state index contributed by atoms with van der Waals surface area (Å²) in [5, 5.41) is 50.3. The predicted octanol–water partition coefficient (Wildman–Crippen LogP) is 11.4. The van der Waals surface area contributed by atoms with Gasteiger partial charge in [-0.25, -0.2) is 4.57 Å². The fraction of sp³-hybridized carbons (Fsp3) is 0.863. The van der Waals surface area contributed by atoms with Crippen LogP contribution < -0.4 is 0 Å². The molecule has 0 aromatic rings. The van der Waals surface area contributed by atoms with Crippen molar-refractivity contribution in [3.63, 3.8) is 0 Å². The zero-order valence-electron chi connectivity index (χ0n) is 40.3. The van der Waals surface area contributed by atoms with Crippen molar-refractivity contribution >= 4 is 13.8 Å². The van der Waals surface area contributed by atoms with E-state index in [0.717, 1.165) is 57.8 Å². The molecule has 6 atom stereocenters. The molecule has 0 radical (unpaired) electrons. The monoisotopic (exact) mass is 931 g/mol. The van der Waals surface area contributed by atoms with Crippen LogP contribution >= 0.6 is 7.82 Å². The van der Waals surface area contributed by atoms with E-state index < -0.39 is 63.1 Å². The molecule has 13 heteroatoms. The largest absolute Gasteiger partial charge is 0.472 e. The van der Waals surface area contributed by atoms with Gasteiger partial charge in [0.15, 0.2) is 0 Å². The average Bonchev–Trinajstić information content (AvgIpc) is 3.28. The number of carbonyl (C=O) groups excluding carboxylic acids is 1. The summed E-state index contributed by atoms with van der Waals surface area (Å²) < 4.78 is 34.3. The van der Waals surface area contributed by atoms with Crippen LogP contribution in [0.3, 0.4) is 0 Å². The maximum absolute atomic E-state index is 12.8. The van der Waals surface area contributed by atoms with Crippen molar-refractivity contribution < 1.29 is 58.3 Å². The van der Waals surface area contributed by atoms with Crippen molar-refractivity contribution in [3.05, 3.63) is 36.5 Å². The minimum atomic E-state index is -5.02. The van der Waals surface area contributed by atoms with Crippen LogP contribution in [-0.2, 0) is 27.9 Å². The molecule has 0 heterocycles. The van der Waals surface area contributed by atoms with Crippen molar-refractivity contribution in [1.82, 2.24) is 0 Å². The lowest BCUT2D eigenvalue weighted by molar-refractivity contribution is -0.220. The van der Waals surface area contributed by atoms with Crippen LogP contribution in [0.15, 0.2) is 36.5 Å². The average molecular weight is 931 g/mol. The number of aliphatic hydroxyl groups excluding tert-OH is 5. The first-order valence-corrected chi connectivity index (χ1v) is 27.3. The van der Waals surface area contributed by atoms with Crippen molar-refractivity contribution in [1.29, 1.82) is 0 Å². The molecule has 1 saturated carbocycles. The van der Waals surface area contributed by atoms with Gasteiger partial charge in [0.1, 0.15) is 42.7 Å². The first-order valence-electron chi connectivity index (χ1n) is 25.8. The lowest BCUT2D eigenvalue weighted by Crippen LogP contribution is -2.64. The number of unbranched alkanes of at least 4 members (excludes halogenated alkanes) is 26. The summed E-state index contributed by atoms with van der Waals surface area (Å²) in [6.45, 7) is 4.24. The molecule has 0 aliphatic heterocycles. The molecule has 1 fully saturated rings. The van der Waals surface area contributed by atoms with E-state index in [1.807, 2.05) is 0 Å². The number of phosphoric acid groups is 1. The van der Waals surface area contributed by atoms with E-state index in [9.17, 15) is 39.8 Å². The summed E-state index contributed by atoms with van der Waals surface area (Å²) in [5.41, 5.74) is 0. The minimum Gasteiger partial charge on any atom is -0.457 e. The Bertz CT molecular complexity index is 1200. The third kappa shape index (κ3) is 33.1. The van der Waals surface area contributed by atoms with Gasteiger partial charge in [0.25, 0.3) is 0 Å². The van der Waals surface area contributed by atoms with Crippen molar-refractivity contribution in [2.75, 3.05) is 19.8 Å². The molecule has 6 N–H and O–H groups in total. The summed E-state index contributed by atoms with van der Waals surface area (Å²) in [4.78, 5) is 23.2. The van der Waals surface area contributed by atoms with Gasteiger partial charge < -0.3 is 39.9 Å². The maximum Gasteiger partial charge on any atom is 0.472 e. The Hall–Kier alpha value is -1.44. The summed E-state index contributed by atoms with van der Waals surface area (Å²) in [6, 6.07) is 0. The van der Waals surface area contributed by atoms with Gasteiger partial charge in [-0.1, -0.05) is 179 Å². The SMILES string of the molecule is CCCCCC/C=C\CCCCCCCCOCC(COP(=O)(O)OC1C(O)C(O)C(O)C(O)C1O)OC(=O)CCCCCCCCCCCCC/C=C\C/C=C\CCCCCCC. The van der Waals surface area contributed by atoms with E-state index in [1.165, 1.54) is 135 Å². The van der Waals surface area contributed by atoms with Crippen molar-refractivity contribution in [2.24, 2.45) is 0 Å². The quantitative estimate of drug-likeness (QED) is 0.0147. The number of rotatable bonds is 44. The molecule has 12 nitrogen and oxygen atoms in total. The van der Waals surface area contributed by atoms with E-state index in [0.29, 0.717) is 13.0 Å². The highest BCUT2D eigenvalue weighted by Crippen LogP contribution is 2.47. The van der Waals surface area contributed by atoms with E-state index in [-0.39, 0.29) is 13.0 Å². The van der Waals surface area contributed by atoms with Crippen molar-refractivity contribution in [3.8, 4) is 0 Å². The van der Waals surface area contributed by atoms with Gasteiger partial charge >= 0.3 is 13.8 Å². The van der Waals surface area contributed by atoms with Crippen LogP contribution in [-0.4, -0.2) is 98.9 Å². The molecular formula is C51H95O12P. The first kappa shape index (κ1) is 60.6. The number of aliphatic hydroxyl groups is 5. The Balaban J connectivity index is 2.32. The lowest BCUT2D eigenvalue weighted by Gasteiger charge is -2.41. The summed E-state index contributed by atoms with van der Waals surface area (Å²) in [6.07, 6.45) is 37.8. The molecule has 376 valence electrons. The predicted molar refractivity (Wildman–Crippen MR) is 258 cm³/mol. The first-order chi connectivity index (χ1) is 31.0. The lowest BCUT2D eigenvalue weighted by atomic mass is 9.85. The molecular weight excluding hydrogens is 836 g/mol. The Labute approximate surface area is 389 Å². The number of hydrogen-bond donors (Lipinski definition) is 6. The van der Waals surface area contributed by atoms with Gasteiger partial charge in [0, 0.05) is 13.0 Å². The van der Waals surface area contributed by atoms with Crippen LogP contribution in [0.2, 0.25) is 0 Å². The van der Waals surface area contributed by atoms with Crippen LogP contribution in [0.25, 0.3) is 0 Å². The van der Waals surface area contributed by atoms with Crippen LogP contribution in [0, 0.1) is 0 Å². The fourth-order valence-electron chi connectivity index (χ4n) is 7.85. The van der Waals surface area contributed by atoms with Crippen LogP contribution in [0.1, 0.15) is 219 Å². The second kappa shape index (κ2) is 41.7. The molecule has 1 rings (SSSR count). The topological polar surface area (TPSA) is 192 Å². The fourth-order valence-corrected chi connectivity index (χ4v) is 8.82. The number of hydrogen-bond acceptors (Lipinski definition) is 11. The van der Waals surface area contributed by atoms with Gasteiger partial charge in [-0.15, -0.1) is 0 Å². The van der Waals surface area contributed by atoms with Gasteiger partial charge in [-0.2, -0.15) is 0 Å². The third-order valence-corrected chi connectivity index (χ3v) is 13.0. The highest BCUT2D eigenvalue weighted by Gasteiger charge is 2.51. The number of allylic oxidation sites excluding steroid dienone is 6. The smallest absolute Gasteiger partial charge is 0.457 e. The van der Waals surface area contributed by atoms with Crippen LogP contribution in [0.4, 0.5) is 0 Å². The molecule has 0 aromatic carbocycles. The Kier molecular flexibility index (Phi) is 39.5. The molecule has 0 amide bonds. The Morgan fingerprint density at radius 1 is 0.500 bits per heavy atom. The normalized spacial score (nSPS) is 21.9. The van der Waals surface area contributed by atoms with E-state index >= 15 is 0 Å². The minimum absolute atomic E-state index is 0.0803. The summed E-state index contributed by atoms with van der Waals surface area (Å²) >= 11 is 0. The van der Waals surface area contributed by atoms with Gasteiger partial charge in [0.2, 0.25) is 0 Å². The number of esters is 1. The van der Waals surface area contributed by atoms with Gasteiger partial charge in [-0.05, 0) is 70.6 Å². The standard InChI is InChI=1S/C51H95O12P/c1-3-5-7-9-11-13-15-17-19-20-21-22-23-24-25-26-27-28-30-32-34-36-38-40-45(52)62-44(42-60-41-39-37-35-33-31-29-18-16-14-12-10-8-6-4-2)43-61-64(58,59)63-51-49(56)47(54)46(53)48(55)50(51)57/h14-17,20-21,44,46-51,53-57H,3-13,18-19,22-43H2,1-2H3,(H,58,59)/b16-14-,17-15-,21-20-. The number of phosphoric ester groups is 1. The van der Waals surface area contributed by atoms with E-state index in [2.05, 4.69) is 50.3 Å². The number of carbonyl (C=O) groups is 1. The molecule has 1 aliphatic carbocycles. The van der Waals surface area contributed by atoms with Crippen molar-refractivity contribution in [2.45, 2.75) is 262 Å². The third-order valence-electron chi connectivity index (χ3n) is 12.0. The summed E-state index contributed by atoms with van der Waals surface area (Å²) in [7, 11) is -5.02. The molecule has 0 aromatic heterocycles. The second-order valence-corrected chi connectivity index (χ2v) is 19.4. The van der Waals surface area contributed by atoms with Crippen LogP contribution in [0.5, 0.6) is 0 Å². The molecule has 64 heavy (non-hydrogen) atoms. The molecule has 0 spiro atoms. The van der Waals surface area contributed by atoms with Gasteiger partial charge in [0.05, 0.1) is 13.2 Å². The molecule has 1 aliphatic rings. The molecule has 0 saturated heterocycles. The summed E-state index contributed by atoms with van der Waals surface area (Å²) in [5.74, 6) is -0.480. The van der Waals surface area contributed by atoms with Gasteiger partial charge in [-0.3, -0.25) is 13.8 Å². The van der Waals surface area contributed by atoms with E-state index in [1.54, 1.807) is 0 Å². The maximum atomic E-state index is 12.8. The second-order valence-electron chi connectivity index (χ2n) is 18.0. The highest BCUT2D eigenvalue weighted by atomic mass is 31.2. The molecule has 0 bridgehead atoms. The number of ether oxygens (including phenoxy) is 2. The zero-order valence-corrected chi connectivity index (χ0v) is 41.2. The Morgan fingerprint density at radius 3 is 1.34 bits per heavy atom. The Morgan fingerprint density at radius 2 is 0.875 bits per heavy atom. The zero-order chi connectivity index (χ0) is 46.9. The van der Waals surface area contributed by atoms with E-state index in [4.69, 9.17) is 18.5 Å².